The second kappa shape index (κ2) is 11.0. The number of amides is 1. The van der Waals surface area contributed by atoms with Crippen LogP contribution in [0.5, 0.6) is 0 Å². The normalized spacial score (nSPS) is 14.1. The highest BCUT2D eigenvalue weighted by molar-refractivity contribution is 6.36. The number of piperazine rings is 1. The Balaban J connectivity index is 1.51. The highest BCUT2D eigenvalue weighted by atomic mass is 35.5. The third-order valence-electron chi connectivity index (χ3n) is 5.78. The van der Waals surface area contributed by atoms with E-state index in [1.54, 1.807) is 17.0 Å². The largest absolute Gasteiger partial charge is 0.383 e. The van der Waals surface area contributed by atoms with E-state index in [1.165, 1.54) is 12.1 Å². The van der Waals surface area contributed by atoms with Gasteiger partial charge in [0.15, 0.2) is 0 Å². The summed E-state index contributed by atoms with van der Waals surface area (Å²) < 4.78 is 0. The molecular formula is C24H25Cl2N7O3. The second-order valence-corrected chi connectivity index (χ2v) is 9.19. The minimum Gasteiger partial charge on any atom is -0.383 e. The first-order valence-corrected chi connectivity index (χ1v) is 12.0. The predicted molar refractivity (Wildman–Crippen MR) is 144 cm³/mol. The van der Waals surface area contributed by atoms with Crippen LogP contribution in [0.1, 0.15) is 0 Å². The summed E-state index contributed by atoms with van der Waals surface area (Å²) in [5.74, 6) is 0.323. The maximum Gasteiger partial charge on any atom is 0.311 e. The van der Waals surface area contributed by atoms with E-state index in [4.69, 9.17) is 28.9 Å². The van der Waals surface area contributed by atoms with Gasteiger partial charge in [-0.15, -0.1) is 0 Å². The molecule has 1 aliphatic rings. The van der Waals surface area contributed by atoms with E-state index in [0.717, 1.165) is 29.0 Å². The van der Waals surface area contributed by atoms with Gasteiger partial charge in [0.1, 0.15) is 5.82 Å². The molecule has 0 spiro atoms. The smallest absolute Gasteiger partial charge is 0.311 e. The van der Waals surface area contributed by atoms with Gasteiger partial charge in [-0.05, 0) is 43.4 Å². The summed E-state index contributed by atoms with van der Waals surface area (Å²) in [7, 11) is 1.92. The molecule has 0 bridgehead atoms. The van der Waals surface area contributed by atoms with Crippen LogP contribution < -0.4 is 21.3 Å². The Morgan fingerprint density at radius 3 is 2.53 bits per heavy atom. The molecule has 2 aromatic carbocycles. The number of hydrogen-bond donors (Lipinski definition) is 3. The maximum absolute atomic E-state index is 12.8. The van der Waals surface area contributed by atoms with Crippen LogP contribution in [0.25, 0.3) is 11.1 Å². The number of nitrogen functional groups attached to an aromatic ring is 1. The summed E-state index contributed by atoms with van der Waals surface area (Å²) >= 11 is 12.7. The van der Waals surface area contributed by atoms with Crippen molar-refractivity contribution >= 4 is 57.8 Å². The summed E-state index contributed by atoms with van der Waals surface area (Å²) in [5.41, 5.74) is 8.62. The number of rotatable bonds is 8. The first-order chi connectivity index (χ1) is 17.2. The van der Waals surface area contributed by atoms with Crippen LogP contribution in [0.15, 0.2) is 48.5 Å². The van der Waals surface area contributed by atoms with Crippen LogP contribution in [0.2, 0.25) is 10.0 Å². The predicted octanol–water partition coefficient (Wildman–Crippen LogP) is 4.35. The Hall–Kier alpha value is -3.60. The van der Waals surface area contributed by atoms with E-state index in [0.29, 0.717) is 42.0 Å². The zero-order chi connectivity index (χ0) is 25.8. The van der Waals surface area contributed by atoms with E-state index in [1.807, 2.05) is 36.2 Å². The minimum atomic E-state index is -0.572. The molecule has 188 valence electrons. The quantitative estimate of drug-likeness (QED) is 0.223. The molecule has 2 heterocycles. The minimum absolute atomic E-state index is 0.0230. The van der Waals surface area contributed by atoms with Crippen molar-refractivity contribution in [2.24, 2.45) is 0 Å². The molecule has 36 heavy (non-hydrogen) atoms. The maximum atomic E-state index is 12.8. The van der Waals surface area contributed by atoms with E-state index >= 15 is 0 Å². The molecule has 0 aliphatic carbocycles. The Morgan fingerprint density at radius 2 is 1.83 bits per heavy atom. The first kappa shape index (κ1) is 25.5. The van der Waals surface area contributed by atoms with Crippen LogP contribution in [-0.2, 0) is 4.79 Å². The van der Waals surface area contributed by atoms with Gasteiger partial charge in [-0.2, -0.15) is 0 Å². The van der Waals surface area contributed by atoms with E-state index in [-0.39, 0.29) is 17.4 Å². The van der Waals surface area contributed by atoms with E-state index in [9.17, 15) is 14.9 Å². The van der Waals surface area contributed by atoms with E-state index in [2.05, 4.69) is 15.6 Å². The number of likely N-dealkylation sites (N-methyl/N-ethyl adjacent to an activating group) is 1. The van der Waals surface area contributed by atoms with Crippen molar-refractivity contribution in [3.05, 3.63) is 68.7 Å². The number of pyridine rings is 1. The lowest BCUT2D eigenvalue weighted by Gasteiger charge is -2.33. The van der Waals surface area contributed by atoms with Crippen molar-refractivity contribution in [1.82, 2.24) is 9.88 Å². The van der Waals surface area contributed by atoms with Crippen molar-refractivity contribution in [2.75, 3.05) is 61.0 Å². The van der Waals surface area contributed by atoms with Crippen LogP contribution in [0.3, 0.4) is 0 Å². The molecule has 1 aliphatic heterocycles. The molecule has 1 aromatic heterocycles. The van der Waals surface area contributed by atoms with Gasteiger partial charge in [-0.1, -0.05) is 29.3 Å². The van der Waals surface area contributed by atoms with E-state index < -0.39 is 4.92 Å². The molecule has 1 fully saturated rings. The van der Waals surface area contributed by atoms with Gasteiger partial charge in [-0.3, -0.25) is 19.8 Å². The number of benzene rings is 2. The fourth-order valence-corrected chi connectivity index (χ4v) is 4.48. The number of aromatic nitrogens is 1. The van der Waals surface area contributed by atoms with Crippen molar-refractivity contribution in [2.45, 2.75) is 0 Å². The average Bonchev–Trinajstić information content (AvgIpc) is 2.82. The molecule has 1 saturated heterocycles. The third kappa shape index (κ3) is 5.78. The number of nitrogens with two attached hydrogens (primary N) is 1. The number of nitrogens with one attached hydrogen (secondary N) is 2. The molecular weight excluding hydrogens is 505 g/mol. The fraction of sp³-hybridized carbons (Fsp3) is 0.250. The highest BCUT2D eigenvalue weighted by Gasteiger charge is 2.26. The van der Waals surface area contributed by atoms with Crippen molar-refractivity contribution in [1.29, 1.82) is 0 Å². The summed E-state index contributed by atoms with van der Waals surface area (Å²) in [5, 5.41) is 18.3. The number of carbonyl (C=O) groups excluding carboxylic acids is 1. The molecule has 0 radical (unpaired) electrons. The van der Waals surface area contributed by atoms with Crippen LogP contribution in [-0.4, -0.2) is 60.5 Å². The highest BCUT2D eigenvalue weighted by Crippen LogP contribution is 2.39. The average molecular weight is 530 g/mol. The molecule has 0 unspecified atom stereocenters. The summed E-state index contributed by atoms with van der Waals surface area (Å²) in [4.78, 5) is 30.9. The Bertz CT molecular complexity index is 1300. The van der Waals surface area contributed by atoms with Crippen LogP contribution in [0, 0.1) is 10.1 Å². The van der Waals surface area contributed by atoms with Gasteiger partial charge < -0.3 is 21.3 Å². The van der Waals surface area contributed by atoms with Gasteiger partial charge in [0.05, 0.1) is 17.2 Å². The SMILES string of the molecule is CN1CCN(c2ccc(NCCNc3ccc([N+](=O)[O-])c(N)n3)cc2-c2ccc(Cl)cc2Cl)C(=O)C1. The molecule has 3 aromatic rings. The molecule has 12 heteroatoms. The second-order valence-electron chi connectivity index (χ2n) is 8.35. The molecule has 1 amide bonds. The summed E-state index contributed by atoms with van der Waals surface area (Å²) in [6.07, 6.45) is 0. The molecule has 4 N–H and O–H groups in total. The Morgan fingerprint density at radius 1 is 1.06 bits per heavy atom. The van der Waals surface area contributed by atoms with Crippen LogP contribution >= 0.6 is 23.2 Å². The van der Waals surface area contributed by atoms with Gasteiger partial charge in [0.25, 0.3) is 0 Å². The lowest BCUT2D eigenvalue weighted by molar-refractivity contribution is -0.384. The summed E-state index contributed by atoms with van der Waals surface area (Å²) in [6, 6.07) is 13.9. The lowest BCUT2D eigenvalue weighted by atomic mass is 10.0. The number of carbonyl (C=O) groups is 1. The van der Waals surface area contributed by atoms with Crippen molar-refractivity contribution in [3.63, 3.8) is 0 Å². The third-order valence-corrected chi connectivity index (χ3v) is 6.33. The van der Waals surface area contributed by atoms with Gasteiger partial charge in [0.2, 0.25) is 11.7 Å². The lowest BCUT2D eigenvalue weighted by Crippen LogP contribution is -2.49. The number of nitrogens with zero attached hydrogens (tertiary/aromatic N) is 4. The molecule has 0 saturated carbocycles. The zero-order valence-electron chi connectivity index (χ0n) is 19.5. The monoisotopic (exact) mass is 529 g/mol. The molecule has 0 atom stereocenters. The molecule has 4 rings (SSSR count). The zero-order valence-corrected chi connectivity index (χ0v) is 21.0. The number of halogens is 2. The standard InChI is InChI=1S/C24H25Cl2N7O3/c1-31-10-11-32(23(34)14-31)20-5-3-16(13-18(20)17-4-2-15(25)12-19(17)26)28-8-9-29-22-7-6-21(33(35)36)24(27)30-22/h2-7,12-13,28H,8-11,14H2,1H3,(H3,27,29,30). The first-order valence-electron chi connectivity index (χ1n) is 11.2. The molecule has 10 nitrogen and oxygen atoms in total. The van der Waals surface area contributed by atoms with Crippen LogP contribution in [0.4, 0.5) is 28.7 Å². The Kier molecular flexibility index (Phi) is 7.78. The summed E-state index contributed by atoms with van der Waals surface area (Å²) in [6.45, 7) is 2.71. The van der Waals surface area contributed by atoms with Gasteiger partial charge in [-0.25, -0.2) is 4.98 Å². The number of nitro groups is 1. The number of hydrogen-bond acceptors (Lipinski definition) is 8. The van der Waals surface area contributed by atoms with Gasteiger partial charge in [0, 0.05) is 59.1 Å². The number of anilines is 4. The van der Waals surface area contributed by atoms with Gasteiger partial charge >= 0.3 is 5.69 Å². The van der Waals surface area contributed by atoms with Crippen molar-refractivity contribution in [3.8, 4) is 11.1 Å². The fourth-order valence-electron chi connectivity index (χ4n) is 3.97. The topological polar surface area (TPSA) is 130 Å². The Labute approximate surface area is 218 Å². The van der Waals surface area contributed by atoms with Crippen molar-refractivity contribution < 1.29 is 9.72 Å².